The molecule has 0 atom stereocenters. The summed E-state index contributed by atoms with van der Waals surface area (Å²) in [5.74, 6) is 0.474. The molecule has 0 unspecified atom stereocenters. The zero-order valence-corrected chi connectivity index (χ0v) is 19.1. The minimum Gasteiger partial charge on any atom is -0.497 e. The monoisotopic (exact) mass is 441 g/mol. The van der Waals surface area contributed by atoms with Gasteiger partial charge in [0.1, 0.15) is 11.4 Å². The number of ether oxygens (including phenoxy) is 2. The van der Waals surface area contributed by atoms with Crippen molar-refractivity contribution in [2.75, 3.05) is 27.3 Å². The maximum atomic E-state index is 13.0. The Morgan fingerprint density at radius 1 is 1.09 bits per heavy atom. The van der Waals surface area contributed by atoms with Crippen LogP contribution in [-0.2, 0) is 16.1 Å². The first-order valence-electron chi connectivity index (χ1n) is 10.8. The highest BCUT2D eigenvalue weighted by Crippen LogP contribution is 2.25. The van der Waals surface area contributed by atoms with Crippen LogP contribution < -0.4 is 10.1 Å². The van der Waals surface area contributed by atoms with Gasteiger partial charge in [0, 0.05) is 31.7 Å². The minimum atomic E-state index is -0.449. The van der Waals surface area contributed by atoms with Gasteiger partial charge in [-0.1, -0.05) is 12.1 Å². The molecule has 2 heterocycles. The Labute approximate surface area is 188 Å². The van der Waals surface area contributed by atoms with Gasteiger partial charge in [0.15, 0.2) is 0 Å². The van der Waals surface area contributed by atoms with Crippen LogP contribution in [0.2, 0.25) is 0 Å². The van der Waals surface area contributed by atoms with E-state index in [0.717, 1.165) is 24.2 Å². The average Bonchev–Trinajstić information content (AvgIpc) is 3.11. The average molecular weight is 442 g/mol. The molecule has 0 spiro atoms. The summed E-state index contributed by atoms with van der Waals surface area (Å²) in [6.45, 7) is 5.16. The van der Waals surface area contributed by atoms with E-state index in [1.165, 1.54) is 7.11 Å². The van der Waals surface area contributed by atoms with Crippen LogP contribution in [0.5, 0.6) is 5.75 Å². The predicted octanol–water partition coefficient (Wildman–Crippen LogP) is 2.99. The van der Waals surface area contributed by atoms with Gasteiger partial charge in [0.05, 0.1) is 19.8 Å². The van der Waals surface area contributed by atoms with E-state index in [9.17, 15) is 14.4 Å². The van der Waals surface area contributed by atoms with E-state index in [4.69, 9.17) is 9.47 Å². The summed E-state index contributed by atoms with van der Waals surface area (Å²) in [7, 11) is 2.95. The number of aryl methyl sites for hydroxylation is 1. The number of hydrogen-bond donors (Lipinski definition) is 2. The van der Waals surface area contributed by atoms with Gasteiger partial charge in [-0.25, -0.2) is 4.79 Å². The summed E-state index contributed by atoms with van der Waals surface area (Å²) < 4.78 is 9.96. The number of benzene rings is 1. The molecule has 1 saturated heterocycles. The fourth-order valence-electron chi connectivity index (χ4n) is 4.15. The van der Waals surface area contributed by atoms with E-state index in [1.807, 2.05) is 24.3 Å². The number of amides is 2. The molecule has 0 radical (unpaired) electrons. The van der Waals surface area contributed by atoms with E-state index in [2.05, 4.69) is 10.3 Å². The van der Waals surface area contributed by atoms with Gasteiger partial charge < -0.3 is 24.7 Å². The molecule has 0 saturated carbocycles. The lowest BCUT2D eigenvalue weighted by molar-refractivity contribution is -0.122. The first kappa shape index (κ1) is 23.4. The lowest BCUT2D eigenvalue weighted by atomic mass is 9.93. The lowest BCUT2D eigenvalue weighted by Gasteiger charge is -2.31. The van der Waals surface area contributed by atoms with Gasteiger partial charge in [-0.15, -0.1) is 0 Å². The molecule has 172 valence electrons. The van der Waals surface area contributed by atoms with Gasteiger partial charge in [0.2, 0.25) is 5.91 Å². The fraction of sp³-hybridized carbons (Fsp3) is 0.458. The van der Waals surface area contributed by atoms with E-state index in [1.54, 1.807) is 25.9 Å². The second kappa shape index (κ2) is 10.3. The number of methoxy groups -OCH3 is 2. The van der Waals surface area contributed by atoms with Gasteiger partial charge in [-0.05, 0) is 55.9 Å². The number of carbonyl (C=O) groups excluding carboxylic acids is 3. The molecule has 1 aromatic heterocycles. The smallest absolute Gasteiger partial charge is 0.339 e. The number of nitrogens with one attached hydrogen (secondary N) is 2. The number of likely N-dealkylation sites (tertiary alicyclic amines) is 1. The Morgan fingerprint density at radius 3 is 2.34 bits per heavy atom. The number of aromatic nitrogens is 1. The second-order valence-corrected chi connectivity index (χ2v) is 8.18. The lowest BCUT2D eigenvalue weighted by Crippen LogP contribution is -2.40. The van der Waals surface area contributed by atoms with Crippen molar-refractivity contribution in [3.63, 3.8) is 0 Å². The third-order valence-electron chi connectivity index (χ3n) is 6.07. The van der Waals surface area contributed by atoms with Crippen molar-refractivity contribution in [1.82, 2.24) is 15.2 Å². The normalized spacial score (nSPS) is 14.2. The quantitative estimate of drug-likeness (QED) is 0.644. The van der Waals surface area contributed by atoms with Crippen molar-refractivity contribution < 1.29 is 23.9 Å². The minimum absolute atomic E-state index is 0.0177. The summed E-state index contributed by atoms with van der Waals surface area (Å²) in [5, 5.41) is 2.97. The standard InChI is InChI=1S/C24H31N3O5/c1-15-21(24(30)32-4)16(2)26-22(15)23(29)27-11-9-17(10-12-27)13-20(28)25-14-18-5-7-19(31-3)8-6-18/h5-8,17,26H,9-14H2,1-4H3,(H,25,28). The summed E-state index contributed by atoms with van der Waals surface area (Å²) in [6, 6.07) is 7.60. The number of piperidine rings is 1. The van der Waals surface area contributed by atoms with E-state index < -0.39 is 5.97 Å². The molecule has 3 rings (SSSR count). The van der Waals surface area contributed by atoms with Crippen LogP contribution in [0.15, 0.2) is 24.3 Å². The molecule has 1 aromatic carbocycles. The zero-order valence-electron chi connectivity index (χ0n) is 19.1. The number of aromatic amines is 1. The zero-order chi connectivity index (χ0) is 23.3. The highest BCUT2D eigenvalue weighted by Gasteiger charge is 2.29. The Bertz CT molecular complexity index is 972. The SMILES string of the molecule is COC(=O)c1c(C)[nH]c(C(=O)N2CCC(CC(=O)NCc3ccc(OC)cc3)CC2)c1C. The molecule has 2 aromatic rings. The Balaban J connectivity index is 1.49. The first-order chi connectivity index (χ1) is 15.3. The van der Waals surface area contributed by atoms with Crippen LogP contribution in [0.25, 0.3) is 0 Å². The van der Waals surface area contributed by atoms with Crippen LogP contribution in [0.3, 0.4) is 0 Å². The van der Waals surface area contributed by atoms with Crippen molar-refractivity contribution in [3.05, 3.63) is 52.3 Å². The molecule has 2 N–H and O–H groups in total. The number of H-pyrrole nitrogens is 1. The van der Waals surface area contributed by atoms with Gasteiger partial charge in [-0.3, -0.25) is 9.59 Å². The van der Waals surface area contributed by atoms with E-state index in [0.29, 0.717) is 48.6 Å². The van der Waals surface area contributed by atoms with Gasteiger partial charge >= 0.3 is 5.97 Å². The van der Waals surface area contributed by atoms with Gasteiger partial charge in [-0.2, -0.15) is 0 Å². The van der Waals surface area contributed by atoms with Crippen LogP contribution >= 0.6 is 0 Å². The molecule has 1 aliphatic heterocycles. The molecule has 8 nitrogen and oxygen atoms in total. The number of esters is 1. The summed E-state index contributed by atoms with van der Waals surface area (Å²) in [4.78, 5) is 42.1. The van der Waals surface area contributed by atoms with Crippen molar-refractivity contribution in [1.29, 1.82) is 0 Å². The van der Waals surface area contributed by atoms with Crippen molar-refractivity contribution in [3.8, 4) is 5.75 Å². The molecule has 8 heteroatoms. The molecule has 1 aliphatic rings. The summed E-state index contributed by atoms with van der Waals surface area (Å²) >= 11 is 0. The predicted molar refractivity (Wildman–Crippen MR) is 120 cm³/mol. The number of nitrogens with zero attached hydrogens (tertiary/aromatic N) is 1. The Hall–Kier alpha value is -3.29. The highest BCUT2D eigenvalue weighted by molar-refractivity contribution is 6.00. The number of carbonyl (C=O) groups is 3. The highest BCUT2D eigenvalue weighted by atomic mass is 16.5. The topological polar surface area (TPSA) is 101 Å². The van der Waals surface area contributed by atoms with Crippen molar-refractivity contribution in [2.45, 2.75) is 39.7 Å². The van der Waals surface area contributed by atoms with Crippen LogP contribution in [0.1, 0.15) is 56.9 Å². The van der Waals surface area contributed by atoms with Crippen LogP contribution in [0.4, 0.5) is 0 Å². The van der Waals surface area contributed by atoms with Crippen molar-refractivity contribution >= 4 is 17.8 Å². The molecule has 0 bridgehead atoms. The van der Waals surface area contributed by atoms with Crippen molar-refractivity contribution in [2.24, 2.45) is 5.92 Å². The summed E-state index contributed by atoms with van der Waals surface area (Å²) in [5.41, 5.74) is 3.10. The largest absolute Gasteiger partial charge is 0.497 e. The maximum Gasteiger partial charge on any atom is 0.339 e. The van der Waals surface area contributed by atoms with Crippen LogP contribution in [0, 0.1) is 19.8 Å². The number of rotatable bonds is 7. The van der Waals surface area contributed by atoms with E-state index >= 15 is 0 Å². The molecular weight excluding hydrogens is 410 g/mol. The van der Waals surface area contributed by atoms with E-state index in [-0.39, 0.29) is 17.7 Å². The number of hydrogen-bond acceptors (Lipinski definition) is 5. The molecule has 2 amide bonds. The second-order valence-electron chi connectivity index (χ2n) is 8.18. The maximum absolute atomic E-state index is 13.0. The summed E-state index contributed by atoms with van der Waals surface area (Å²) in [6.07, 6.45) is 1.99. The first-order valence-corrected chi connectivity index (χ1v) is 10.8. The van der Waals surface area contributed by atoms with Crippen LogP contribution in [-0.4, -0.2) is 55.0 Å². The van der Waals surface area contributed by atoms with Gasteiger partial charge in [0.25, 0.3) is 5.91 Å². The third kappa shape index (κ3) is 5.30. The molecule has 1 fully saturated rings. The fourth-order valence-corrected chi connectivity index (χ4v) is 4.15. The Morgan fingerprint density at radius 2 is 1.75 bits per heavy atom. The molecular formula is C24H31N3O5. The molecule has 32 heavy (non-hydrogen) atoms. The molecule has 0 aliphatic carbocycles. The third-order valence-corrected chi connectivity index (χ3v) is 6.07. The Kier molecular flexibility index (Phi) is 7.56.